The first-order chi connectivity index (χ1) is 15.4. The van der Waals surface area contributed by atoms with Gasteiger partial charge in [-0.2, -0.15) is 0 Å². The lowest BCUT2D eigenvalue weighted by atomic mass is 10.0. The van der Waals surface area contributed by atoms with E-state index in [1.165, 1.54) is 0 Å². The average Bonchev–Trinajstić information content (AvgIpc) is 2.80. The second kappa shape index (κ2) is 9.89. The summed E-state index contributed by atoms with van der Waals surface area (Å²) < 4.78 is 1.66. The lowest BCUT2D eigenvalue weighted by molar-refractivity contribution is -0.333. The molecule has 4 aromatic rings. The Labute approximate surface area is 206 Å². The van der Waals surface area contributed by atoms with E-state index in [0.29, 0.717) is 37.1 Å². The van der Waals surface area contributed by atoms with Crippen molar-refractivity contribution in [1.82, 2.24) is 0 Å². The normalized spacial score (nSPS) is 10.6. The van der Waals surface area contributed by atoms with Gasteiger partial charge in [-0.25, -0.2) is 4.79 Å². The second-order valence-electron chi connectivity index (χ2n) is 6.99. The Balaban J connectivity index is 2.05. The van der Waals surface area contributed by atoms with E-state index in [1.807, 2.05) is 36.4 Å². The lowest BCUT2D eigenvalue weighted by Crippen LogP contribution is -2.26. The van der Waals surface area contributed by atoms with E-state index in [-0.39, 0.29) is 5.91 Å². The van der Waals surface area contributed by atoms with Crippen LogP contribution in [-0.2, 0) is 0 Å². The number of carbonyl (C=O) groups is 1. The van der Waals surface area contributed by atoms with Crippen LogP contribution < -0.4 is 0 Å². The Morgan fingerprint density at radius 3 is 1.16 bits per heavy atom. The van der Waals surface area contributed by atoms with E-state index in [4.69, 9.17) is 46.4 Å². The van der Waals surface area contributed by atoms with Gasteiger partial charge in [-0.05, 0) is 84.9 Å². The van der Waals surface area contributed by atoms with Gasteiger partial charge in [-0.3, -0.25) is 0 Å². The molecular formula is C26H16Cl4NO+. The summed E-state index contributed by atoms with van der Waals surface area (Å²) in [7, 11) is 0. The molecule has 0 fully saturated rings. The summed E-state index contributed by atoms with van der Waals surface area (Å²) in [6.07, 6.45) is 0. The minimum Gasteiger partial charge on any atom is -0.214 e. The van der Waals surface area contributed by atoms with Crippen molar-refractivity contribution in [1.29, 1.82) is 0 Å². The fraction of sp³-hybridized carbons (Fsp3) is 0. The summed E-state index contributed by atoms with van der Waals surface area (Å²) >= 11 is 24.4. The van der Waals surface area contributed by atoms with Crippen LogP contribution in [0.2, 0.25) is 20.1 Å². The smallest absolute Gasteiger partial charge is 0.214 e. The molecule has 0 aliphatic carbocycles. The first-order valence-corrected chi connectivity index (χ1v) is 11.2. The van der Waals surface area contributed by atoms with Crippen molar-refractivity contribution in [2.45, 2.75) is 0 Å². The van der Waals surface area contributed by atoms with Crippen LogP contribution in [0.1, 0.15) is 21.5 Å². The van der Waals surface area contributed by atoms with Crippen molar-refractivity contribution in [3.05, 3.63) is 134 Å². The van der Waals surface area contributed by atoms with Crippen LogP contribution in [0.15, 0.2) is 97.1 Å². The molecule has 0 aliphatic rings. The van der Waals surface area contributed by atoms with E-state index < -0.39 is 0 Å². The SMILES string of the molecule is O=C(c1ccc(Cl)cc1)[N+](=C(c1ccc(Cl)cc1)c1ccc(Cl)cc1)c1ccc(Cl)cc1. The molecule has 0 spiro atoms. The molecule has 32 heavy (non-hydrogen) atoms. The van der Waals surface area contributed by atoms with Crippen molar-refractivity contribution in [2.75, 3.05) is 0 Å². The van der Waals surface area contributed by atoms with Gasteiger partial charge in [0.15, 0.2) is 0 Å². The molecule has 6 heteroatoms. The van der Waals surface area contributed by atoms with Crippen LogP contribution in [0.4, 0.5) is 5.69 Å². The molecule has 4 rings (SSSR count). The van der Waals surface area contributed by atoms with E-state index in [1.54, 1.807) is 65.2 Å². The number of rotatable bonds is 4. The van der Waals surface area contributed by atoms with Crippen LogP contribution >= 0.6 is 46.4 Å². The van der Waals surface area contributed by atoms with E-state index in [0.717, 1.165) is 11.1 Å². The minimum absolute atomic E-state index is 0.219. The van der Waals surface area contributed by atoms with Gasteiger partial charge in [0, 0.05) is 43.4 Å². The van der Waals surface area contributed by atoms with Crippen LogP contribution in [0, 0.1) is 0 Å². The topological polar surface area (TPSA) is 20.1 Å². The summed E-state index contributed by atoms with van der Waals surface area (Å²) in [5.41, 5.74) is 3.46. The predicted molar refractivity (Wildman–Crippen MR) is 133 cm³/mol. The first-order valence-electron chi connectivity index (χ1n) is 9.67. The van der Waals surface area contributed by atoms with E-state index in [9.17, 15) is 4.79 Å². The molecule has 158 valence electrons. The van der Waals surface area contributed by atoms with Gasteiger partial charge in [-0.15, -0.1) is 4.58 Å². The number of benzene rings is 4. The monoisotopic (exact) mass is 498 g/mol. The summed E-state index contributed by atoms with van der Waals surface area (Å²) in [5.74, 6) is -0.219. The molecular weight excluding hydrogens is 484 g/mol. The first kappa shape index (κ1) is 22.6. The highest BCUT2D eigenvalue weighted by molar-refractivity contribution is 6.31. The average molecular weight is 500 g/mol. The fourth-order valence-electron chi connectivity index (χ4n) is 3.30. The van der Waals surface area contributed by atoms with E-state index in [2.05, 4.69) is 0 Å². The molecule has 0 saturated carbocycles. The quantitative estimate of drug-likeness (QED) is 0.204. The highest BCUT2D eigenvalue weighted by Gasteiger charge is 2.30. The van der Waals surface area contributed by atoms with Crippen LogP contribution in [0.25, 0.3) is 0 Å². The molecule has 2 nitrogen and oxygen atoms in total. The minimum atomic E-state index is -0.219. The Hall–Kier alpha value is -2.62. The van der Waals surface area contributed by atoms with Crippen molar-refractivity contribution in [3.63, 3.8) is 0 Å². The third-order valence-corrected chi connectivity index (χ3v) is 5.85. The predicted octanol–water partition coefficient (Wildman–Crippen LogP) is 8.32. The molecule has 4 aromatic carbocycles. The molecule has 0 bridgehead atoms. The van der Waals surface area contributed by atoms with Crippen LogP contribution in [-0.4, -0.2) is 16.2 Å². The summed E-state index contributed by atoms with van der Waals surface area (Å²) in [4.78, 5) is 13.8. The fourth-order valence-corrected chi connectivity index (χ4v) is 3.80. The Morgan fingerprint density at radius 1 is 0.469 bits per heavy atom. The molecule has 1 amide bonds. The molecule has 0 heterocycles. The second-order valence-corrected chi connectivity index (χ2v) is 8.73. The Kier molecular flexibility index (Phi) is 6.98. The van der Waals surface area contributed by atoms with Gasteiger partial charge >= 0.3 is 5.91 Å². The highest BCUT2D eigenvalue weighted by Crippen LogP contribution is 2.25. The van der Waals surface area contributed by atoms with Crippen LogP contribution in [0.5, 0.6) is 0 Å². The third-order valence-electron chi connectivity index (χ3n) is 4.84. The molecule has 0 aliphatic heterocycles. The third kappa shape index (κ3) is 5.06. The summed E-state index contributed by atoms with van der Waals surface area (Å²) in [6, 6.07) is 28.6. The molecule has 0 unspecified atom stereocenters. The zero-order valence-electron chi connectivity index (χ0n) is 16.6. The zero-order valence-corrected chi connectivity index (χ0v) is 19.6. The maximum atomic E-state index is 13.8. The number of hydrogen-bond acceptors (Lipinski definition) is 1. The van der Waals surface area contributed by atoms with Gasteiger partial charge in [0.05, 0.1) is 5.56 Å². The number of amides is 1. The maximum absolute atomic E-state index is 13.8. The number of nitrogens with zero attached hydrogens (tertiary/aromatic N) is 1. The lowest BCUT2D eigenvalue weighted by Gasteiger charge is -2.10. The summed E-state index contributed by atoms with van der Waals surface area (Å²) in [5, 5.41) is 2.34. The Bertz CT molecular complexity index is 1230. The van der Waals surface area contributed by atoms with Gasteiger partial charge in [0.1, 0.15) is 0 Å². The zero-order chi connectivity index (χ0) is 22.7. The molecule has 0 radical (unpaired) electrons. The van der Waals surface area contributed by atoms with Gasteiger partial charge in [-0.1, -0.05) is 46.4 Å². The van der Waals surface area contributed by atoms with E-state index >= 15 is 0 Å². The van der Waals surface area contributed by atoms with Crippen molar-refractivity contribution in [2.24, 2.45) is 0 Å². The highest BCUT2D eigenvalue weighted by atomic mass is 35.5. The van der Waals surface area contributed by atoms with Crippen molar-refractivity contribution in [3.8, 4) is 0 Å². The van der Waals surface area contributed by atoms with Gasteiger partial charge in [0.25, 0.3) is 0 Å². The standard InChI is InChI=1S/C26H16Cl4NO/c27-20-7-1-17(2-8-20)25(18-3-9-21(28)10-4-18)31(24-15-13-23(30)14-16-24)26(32)19-5-11-22(29)12-6-19/h1-16H/q+1. The van der Waals surface area contributed by atoms with Crippen molar-refractivity contribution >= 4 is 63.7 Å². The molecule has 0 saturated heterocycles. The number of carbonyl (C=O) groups excluding carboxylic acids is 1. The van der Waals surface area contributed by atoms with Crippen LogP contribution in [0.3, 0.4) is 0 Å². The Morgan fingerprint density at radius 2 is 0.781 bits per heavy atom. The molecule has 0 atom stereocenters. The largest absolute Gasteiger partial charge is 0.425 e. The van der Waals surface area contributed by atoms with Gasteiger partial charge < -0.3 is 0 Å². The molecule has 0 N–H and O–H groups in total. The van der Waals surface area contributed by atoms with Gasteiger partial charge in [0.2, 0.25) is 11.4 Å². The molecule has 0 aromatic heterocycles. The van der Waals surface area contributed by atoms with Crippen molar-refractivity contribution < 1.29 is 9.37 Å². The maximum Gasteiger partial charge on any atom is 0.425 e. The summed E-state index contributed by atoms with van der Waals surface area (Å²) in [6.45, 7) is 0. The number of halogens is 4. The number of hydrogen-bond donors (Lipinski definition) is 0.